The van der Waals surface area contributed by atoms with Crippen molar-refractivity contribution in [2.24, 2.45) is 0 Å². The molecular formula is C20H29NO3. The molecule has 0 spiro atoms. The zero-order valence-electron chi connectivity index (χ0n) is 15.0. The highest BCUT2D eigenvalue weighted by molar-refractivity contribution is 5.78. The molecule has 0 amide bonds. The lowest BCUT2D eigenvalue weighted by Crippen LogP contribution is -2.62. The predicted octanol–water partition coefficient (Wildman–Crippen LogP) is 2.22. The summed E-state index contributed by atoms with van der Waals surface area (Å²) in [7, 11) is 2.36. The second-order valence-corrected chi connectivity index (χ2v) is 7.86. The monoisotopic (exact) mass is 331 g/mol. The number of quaternary nitrogens is 1. The maximum atomic E-state index is 12.5. The number of hydrogen-bond acceptors (Lipinski definition) is 3. The van der Waals surface area contributed by atoms with Gasteiger partial charge in [-0.3, -0.25) is 4.79 Å². The van der Waals surface area contributed by atoms with Crippen molar-refractivity contribution >= 4 is 5.97 Å². The number of benzene rings is 1. The molecule has 2 aliphatic heterocycles. The average molecular weight is 331 g/mol. The molecular weight excluding hydrogens is 302 g/mol. The van der Waals surface area contributed by atoms with E-state index in [2.05, 4.69) is 20.9 Å². The van der Waals surface area contributed by atoms with Gasteiger partial charge in [0.05, 0.1) is 31.1 Å². The zero-order valence-corrected chi connectivity index (χ0v) is 15.0. The summed E-state index contributed by atoms with van der Waals surface area (Å²) < 4.78 is 6.91. The fraction of sp³-hybridized carbons (Fsp3) is 0.650. The molecule has 2 heterocycles. The first-order valence-electron chi connectivity index (χ1n) is 9.15. The van der Waals surface area contributed by atoms with Crippen molar-refractivity contribution in [1.29, 1.82) is 0 Å². The number of ether oxygens (including phenoxy) is 1. The highest BCUT2D eigenvalue weighted by Crippen LogP contribution is 2.44. The number of rotatable bonds is 5. The topological polar surface area (TPSA) is 49.4 Å². The highest BCUT2D eigenvalue weighted by atomic mass is 16.5. The van der Waals surface area contributed by atoms with Gasteiger partial charge in [-0.25, -0.2) is 0 Å². The number of carbonyl (C=O) groups excluding carboxylic acids is 1. The van der Waals surface area contributed by atoms with Crippen LogP contribution in [0.25, 0.3) is 0 Å². The Balaban J connectivity index is 1.66. The molecule has 4 heteroatoms. The summed E-state index contributed by atoms with van der Waals surface area (Å²) in [6.45, 7) is 4.13. The molecule has 24 heavy (non-hydrogen) atoms. The molecule has 0 radical (unpaired) electrons. The first-order chi connectivity index (χ1) is 11.5. The van der Waals surface area contributed by atoms with Crippen LogP contribution in [-0.4, -0.2) is 48.3 Å². The van der Waals surface area contributed by atoms with Crippen LogP contribution in [0.5, 0.6) is 0 Å². The lowest BCUT2D eigenvalue weighted by molar-refractivity contribution is -0.968. The second-order valence-electron chi connectivity index (χ2n) is 7.86. The van der Waals surface area contributed by atoms with Crippen LogP contribution in [0.4, 0.5) is 0 Å². The number of hydrogen-bond donors (Lipinski definition) is 0. The average Bonchev–Trinajstić information content (AvgIpc) is 2.74. The minimum absolute atomic E-state index is 0.0299. The third kappa shape index (κ3) is 2.98. The third-order valence-corrected chi connectivity index (χ3v) is 6.53. The summed E-state index contributed by atoms with van der Waals surface area (Å²) in [5.74, 6) is -1.03. The van der Waals surface area contributed by atoms with Gasteiger partial charge in [0.25, 0.3) is 0 Å². The summed E-state index contributed by atoms with van der Waals surface area (Å²) in [5, 5.41) is 11.5. The maximum Gasteiger partial charge on any atom is 0.312 e. The van der Waals surface area contributed by atoms with Gasteiger partial charge in [-0.1, -0.05) is 30.3 Å². The molecule has 3 unspecified atom stereocenters. The molecule has 4 nitrogen and oxygen atoms in total. The minimum Gasteiger partial charge on any atom is -0.854 e. The zero-order chi connectivity index (χ0) is 17.3. The molecule has 132 valence electrons. The van der Waals surface area contributed by atoms with Crippen molar-refractivity contribution in [2.75, 3.05) is 13.7 Å². The Morgan fingerprint density at radius 2 is 1.79 bits per heavy atom. The summed E-state index contributed by atoms with van der Waals surface area (Å²) >= 11 is 0. The van der Waals surface area contributed by atoms with E-state index in [1.165, 1.54) is 12.8 Å². The quantitative estimate of drug-likeness (QED) is 0.614. The van der Waals surface area contributed by atoms with E-state index in [1.807, 2.05) is 30.3 Å². The summed E-state index contributed by atoms with van der Waals surface area (Å²) in [6, 6.07) is 11.0. The van der Waals surface area contributed by atoms with E-state index >= 15 is 0 Å². The summed E-state index contributed by atoms with van der Waals surface area (Å²) in [5.41, 5.74) is 0.763. The van der Waals surface area contributed by atoms with Gasteiger partial charge in [0.15, 0.2) is 0 Å². The van der Waals surface area contributed by atoms with Crippen LogP contribution in [0.15, 0.2) is 30.3 Å². The van der Waals surface area contributed by atoms with Crippen molar-refractivity contribution < 1.29 is 19.1 Å². The summed E-state index contributed by atoms with van der Waals surface area (Å²) in [4.78, 5) is 12.5. The van der Waals surface area contributed by atoms with Crippen molar-refractivity contribution in [3.8, 4) is 0 Å². The minimum atomic E-state index is -0.684. The van der Waals surface area contributed by atoms with E-state index in [9.17, 15) is 9.90 Å². The molecule has 0 aromatic heterocycles. The standard InChI is InChI=1S/C20H29NO3/c1-14(2)21(3)16-9-10-17(21)12-18(11-16)24-20(23)19(13-22)15-7-5-4-6-8-15/h4-8,14,16-19H,9-13H2,1-3H3/t16-,17+,18?,19?,21?. The molecule has 2 saturated heterocycles. The smallest absolute Gasteiger partial charge is 0.312 e. The SMILES string of the molecule is CC(C)[N+]1(C)[C@@H]2CC[C@H]1CC(OC(=O)C(C[O-])c1ccccc1)C2. The van der Waals surface area contributed by atoms with E-state index in [4.69, 9.17) is 4.74 Å². The van der Waals surface area contributed by atoms with Crippen LogP contribution >= 0.6 is 0 Å². The van der Waals surface area contributed by atoms with Crippen LogP contribution < -0.4 is 5.11 Å². The molecule has 2 aliphatic rings. The Morgan fingerprint density at radius 3 is 2.29 bits per heavy atom. The van der Waals surface area contributed by atoms with Crippen LogP contribution in [0.1, 0.15) is 51.0 Å². The van der Waals surface area contributed by atoms with Crippen LogP contribution in [0, 0.1) is 0 Å². The van der Waals surface area contributed by atoms with Crippen LogP contribution in [0.3, 0.4) is 0 Å². The first kappa shape index (κ1) is 17.4. The van der Waals surface area contributed by atoms with Gasteiger partial charge < -0.3 is 14.3 Å². The van der Waals surface area contributed by atoms with Gasteiger partial charge >= 0.3 is 5.97 Å². The van der Waals surface area contributed by atoms with Gasteiger partial charge in [0, 0.05) is 25.7 Å². The van der Waals surface area contributed by atoms with Crippen molar-refractivity contribution in [1.82, 2.24) is 0 Å². The molecule has 2 fully saturated rings. The summed E-state index contributed by atoms with van der Waals surface area (Å²) in [6.07, 6.45) is 4.26. The van der Waals surface area contributed by atoms with Crippen LogP contribution in [0.2, 0.25) is 0 Å². The Bertz CT molecular complexity index is 558. The molecule has 0 saturated carbocycles. The van der Waals surface area contributed by atoms with Gasteiger partial charge in [0.1, 0.15) is 6.10 Å². The third-order valence-electron chi connectivity index (χ3n) is 6.53. The first-order valence-corrected chi connectivity index (χ1v) is 9.15. The molecule has 0 N–H and O–H groups in total. The Labute approximate surface area is 145 Å². The maximum absolute atomic E-state index is 12.5. The van der Waals surface area contributed by atoms with Crippen molar-refractivity contribution in [3.63, 3.8) is 0 Å². The number of esters is 1. The van der Waals surface area contributed by atoms with Gasteiger partial charge in [-0.15, -0.1) is 6.61 Å². The van der Waals surface area contributed by atoms with E-state index in [0.29, 0.717) is 18.1 Å². The lowest BCUT2D eigenvalue weighted by Gasteiger charge is -2.49. The van der Waals surface area contributed by atoms with E-state index in [1.54, 1.807) is 0 Å². The Kier molecular flexibility index (Phi) is 4.97. The predicted molar refractivity (Wildman–Crippen MR) is 91.3 cm³/mol. The molecule has 3 rings (SSSR count). The molecule has 2 bridgehead atoms. The van der Waals surface area contributed by atoms with Crippen LogP contribution in [-0.2, 0) is 9.53 Å². The molecule has 0 aliphatic carbocycles. The number of nitrogens with zero attached hydrogens (tertiary/aromatic N) is 1. The van der Waals surface area contributed by atoms with Gasteiger partial charge in [-0.05, 0) is 19.4 Å². The second kappa shape index (κ2) is 6.85. The highest BCUT2D eigenvalue weighted by Gasteiger charge is 2.53. The number of carbonyl (C=O) groups is 1. The molecule has 5 atom stereocenters. The fourth-order valence-electron chi connectivity index (χ4n) is 4.80. The molecule has 1 aromatic rings. The largest absolute Gasteiger partial charge is 0.854 e. The normalized spacial score (nSPS) is 33.5. The molecule has 1 aromatic carbocycles. The number of fused-ring (bicyclic) bond motifs is 2. The van der Waals surface area contributed by atoms with Crippen molar-refractivity contribution in [2.45, 2.75) is 69.7 Å². The number of piperidine rings is 1. The fourth-order valence-corrected chi connectivity index (χ4v) is 4.80. The Hall–Kier alpha value is -1.39. The van der Waals surface area contributed by atoms with Gasteiger partial charge in [0.2, 0.25) is 0 Å². The van der Waals surface area contributed by atoms with E-state index in [-0.39, 0.29) is 12.1 Å². The van der Waals surface area contributed by atoms with Gasteiger partial charge in [-0.2, -0.15) is 0 Å². The van der Waals surface area contributed by atoms with E-state index in [0.717, 1.165) is 22.9 Å². The van der Waals surface area contributed by atoms with E-state index < -0.39 is 12.5 Å². The Morgan fingerprint density at radius 1 is 1.21 bits per heavy atom. The van der Waals surface area contributed by atoms with Crippen molar-refractivity contribution in [3.05, 3.63) is 35.9 Å². The lowest BCUT2D eigenvalue weighted by atomic mass is 9.94.